The molecule has 0 aromatic carbocycles. The van der Waals surface area contributed by atoms with E-state index in [1.54, 1.807) is 20.8 Å². The lowest BCUT2D eigenvalue weighted by Crippen LogP contribution is -2.35. The molecule has 1 aromatic rings. The molecule has 0 radical (unpaired) electrons. The second-order valence-electron chi connectivity index (χ2n) is 5.25. The van der Waals surface area contributed by atoms with Crippen LogP contribution >= 0.6 is 11.3 Å². The van der Waals surface area contributed by atoms with Gasteiger partial charge in [0.25, 0.3) is 0 Å². The van der Waals surface area contributed by atoms with Gasteiger partial charge in [0.2, 0.25) is 0 Å². The van der Waals surface area contributed by atoms with Crippen LogP contribution < -0.4 is 5.32 Å². The van der Waals surface area contributed by atoms with Crippen LogP contribution in [0.3, 0.4) is 0 Å². The van der Waals surface area contributed by atoms with Crippen LogP contribution in [0.4, 0.5) is 4.79 Å². The molecular weight excluding hydrogens is 266 g/mol. The number of aliphatic carboxylic acids is 1. The van der Waals surface area contributed by atoms with Crippen LogP contribution in [0.1, 0.15) is 43.0 Å². The SMILES string of the molecule is Cc1ccc([C@H](CC(=O)O)NC(=O)OC(C)(C)C)s1. The highest BCUT2D eigenvalue weighted by Crippen LogP contribution is 2.25. The Balaban J connectivity index is 2.76. The Bertz CT molecular complexity index is 461. The summed E-state index contributed by atoms with van der Waals surface area (Å²) >= 11 is 1.46. The van der Waals surface area contributed by atoms with Gasteiger partial charge in [-0.15, -0.1) is 11.3 Å². The normalized spacial score (nSPS) is 12.8. The first-order valence-electron chi connectivity index (χ1n) is 5.95. The number of thiophene rings is 1. The molecule has 6 heteroatoms. The summed E-state index contributed by atoms with van der Waals surface area (Å²) in [5.74, 6) is -0.966. The highest BCUT2D eigenvalue weighted by atomic mass is 32.1. The molecule has 0 aliphatic heterocycles. The number of hydrogen-bond donors (Lipinski definition) is 2. The highest BCUT2D eigenvalue weighted by molar-refractivity contribution is 7.12. The zero-order valence-electron chi connectivity index (χ0n) is 11.5. The van der Waals surface area contributed by atoms with E-state index in [0.29, 0.717) is 0 Å². The summed E-state index contributed by atoms with van der Waals surface area (Å²) in [6.45, 7) is 7.20. The molecule has 0 aliphatic carbocycles. The lowest BCUT2D eigenvalue weighted by molar-refractivity contribution is -0.137. The molecule has 5 nitrogen and oxygen atoms in total. The molecule has 1 aromatic heterocycles. The summed E-state index contributed by atoms with van der Waals surface area (Å²) in [5, 5.41) is 11.5. The first-order valence-corrected chi connectivity index (χ1v) is 6.76. The van der Waals surface area contributed by atoms with Crippen molar-refractivity contribution in [1.29, 1.82) is 0 Å². The van der Waals surface area contributed by atoms with Crippen LogP contribution in [0.5, 0.6) is 0 Å². The maximum absolute atomic E-state index is 11.7. The Morgan fingerprint density at radius 2 is 2.05 bits per heavy atom. The van der Waals surface area contributed by atoms with Gasteiger partial charge in [0.05, 0.1) is 12.5 Å². The maximum atomic E-state index is 11.7. The van der Waals surface area contributed by atoms with E-state index in [1.807, 2.05) is 19.1 Å². The summed E-state index contributed by atoms with van der Waals surface area (Å²) < 4.78 is 5.14. The lowest BCUT2D eigenvalue weighted by atomic mass is 10.1. The van der Waals surface area contributed by atoms with Crippen molar-refractivity contribution in [3.8, 4) is 0 Å². The molecule has 106 valence electrons. The third kappa shape index (κ3) is 5.74. The summed E-state index contributed by atoms with van der Waals surface area (Å²) in [6, 6.07) is 3.16. The molecule has 0 unspecified atom stereocenters. The van der Waals surface area contributed by atoms with Gasteiger partial charge >= 0.3 is 12.1 Å². The zero-order valence-corrected chi connectivity index (χ0v) is 12.3. The number of carboxylic acids is 1. The Labute approximate surface area is 116 Å². The molecule has 0 saturated carbocycles. The molecule has 19 heavy (non-hydrogen) atoms. The Morgan fingerprint density at radius 3 is 2.47 bits per heavy atom. The van der Waals surface area contributed by atoms with E-state index in [-0.39, 0.29) is 6.42 Å². The Morgan fingerprint density at radius 1 is 1.42 bits per heavy atom. The maximum Gasteiger partial charge on any atom is 0.408 e. The van der Waals surface area contributed by atoms with Crippen molar-refractivity contribution in [2.45, 2.75) is 45.8 Å². The zero-order chi connectivity index (χ0) is 14.6. The van der Waals surface area contributed by atoms with Gasteiger partial charge in [-0.3, -0.25) is 4.79 Å². The van der Waals surface area contributed by atoms with Gasteiger partial charge < -0.3 is 15.2 Å². The average molecular weight is 285 g/mol. The second kappa shape index (κ2) is 6.06. The molecule has 1 amide bonds. The van der Waals surface area contributed by atoms with E-state index < -0.39 is 23.7 Å². The van der Waals surface area contributed by atoms with Crippen LogP contribution in [0, 0.1) is 6.92 Å². The molecule has 2 N–H and O–H groups in total. The van der Waals surface area contributed by atoms with E-state index in [0.717, 1.165) is 9.75 Å². The first-order chi connectivity index (χ1) is 8.67. The van der Waals surface area contributed by atoms with Gasteiger partial charge in [0.15, 0.2) is 0 Å². The molecule has 0 fully saturated rings. The highest BCUT2D eigenvalue weighted by Gasteiger charge is 2.23. The minimum atomic E-state index is -0.966. The van der Waals surface area contributed by atoms with Crippen molar-refractivity contribution in [2.24, 2.45) is 0 Å². The Hall–Kier alpha value is -1.56. The first kappa shape index (κ1) is 15.5. The second-order valence-corrected chi connectivity index (χ2v) is 6.56. The minimum Gasteiger partial charge on any atom is -0.481 e. The van der Waals surface area contributed by atoms with Crippen molar-refractivity contribution in [3.63, 3.8) is 0 Å². The quantitative estimate of drug-likeness (QED) is 0.891. The number of nitrogens with one attached hydrogen (secondary N) is 1. The predicted molar refractivity (Wildman–Crippen MR) is 73.4 cm³/mol. The molecule has 1 atom stereocenters. The van der Waals surface area contributed by atoms with E-state index >= 15 is 0 Å². The van der Waals surface area contributed by atoms with Gasteiger partial charge in [-0.25, -0.2) is 4.79 Å². The number of ether oxygens (including phenoxy) is 1. The monoisotopic (exact) mass is 285 g/mol. The smallest absolute Gasteiger partial charge is 0.408 e. The fraction of sp³-hybridized carbons (Fsp3) is 0.538. The Kier molecular flexibility index (Phi) is 4.94. The fourth-order valence-corrected chi connectivity index (χ4v) is 2.42. The van der Waals surface area contributed by atoms with Crippen molar-refractivity contribution in [1.82, 2.24) is 5.32 Å². The van der Waals surface area contributed by atoms with Crippen molar-refractivity contribution >= 4 is 23.4 Å². The molecule has 1 heterocycles. The number of aryl methyl sites for hydroxylation is 1. The minimum absolute atomic E-state index is 0.167. The third-order valence-corrected chi connectivity index (χ3v) is 3.29. The van der Waals surface area contributed by atoms with E-state index in [4.69, 9.17) is 9.84 Å². The molecule has 0 bridgehead atoms. The van der Waals surface area contributed by atoms with Crippen molar-refractivity contribution < 1.29 is 19.4 Å². The average Bonchev–Trinajstić information content (AvgIpc) is 2.60. The number of carboxylic acid groups (broad SMARTS) is 1. The van der Waals surface area contributed by atoms with Gasteiger partial charge in [-0.1, -0.05) is 0 Å². The van der Waals surface area contributed by atoms with Gasteiger partial charge in [0, 0.05) is 9.75 Å². The number of alkyl carbamates (subject to hydrolysis) is 1. The largest absolute Gasteiger partial charge is 0.481 e. The number of amides is 1. The van der Waals surface area contributed by atoms with Gasteiger partial charge in [-0.05, 0) is 39.8 Å². The molecule has 1 rings (SSSR count). The molecule has 0 saturated heterocycles. The van der Waals surface area contributed by atoms with Gasteiger partial charge in [0.1, 0.15) is 5.60 Å². The topological polar surface area (TPSA) is 75.6 Å². The van der Waals surface area contributed by atoms with Crippen LogP contribution in [-0.2, 0) is 9.53 Å². The van der Waals surface area contributed by atoms with Gasteiger partial charge in [-0.2, -0.15) is 0 Å². The van der Waals surface area contributed by atoms with E-state index in [9.17, 15) is 9.59 Å². The fourth-order valence-electron chi connectivity index (χ4n) is 1.49. The van der Waals surface area contributed by atoms with E-state index in [1.165, 1.54) is 11.3 Å². The molecule has 0 aliphatic rings. The summed E-state index contributed by atoms with van der Waals surface area (Å²) in [5.41, 5.74) is -0.608. The molecule has 0 spiro atoms. The van der Waals surface area contributed by atoms with Crippen molar-refractivity contribution in [3.05, 3.63) is 21.9 Å². The predicted octanol–water partition coefficient (Wildman–Crippen LogP) is 3.10. The van der Waals surface area contributed by atoms with Crippen LogP contribution in [0.2, 0.25) is 0 Å². The number of rotatable bonds is 4. The number of carbonyl (C=O) groups excluding carboxylic acids is 1. The van der Waals surface area contributed by atoms with Crippen LogP contribution in [-0.4, -0.2) is 22.8 Å². The number of carbonyl (C=O) groups is 2. The van der Waals surface area contributed by atoms with Crippen molar-refractivity contribution in [2.75, 3.05) is 0 Å². The number of hydrogen-bond acceptors (Lipinski definition) is 4. The van der Waals surface area contributed by atoms with E-state index in [2.05, 4.69) is 5.32 Å². The summed E-state index contributed by atoms with van der Waals surface area (Å²) in [7, 11) is 0. The molecular formula is C13H19NO4S. The summed E-state index contributed by atoms with van der Waals surface area (Å²) in [4.78, 5) is 24.5. The lowest BCUT2D eigenvalue weighted by Gasteiger charge is -2.22. The standard InChI is InChI=1S/C13H19NO4S/c1-8-5-6-10(19-8)9(7-11(15)16)14-12(17)18-13(2,3)4/h5-6,9H,7H2,1-4H3,(H,14,17)(H,15,16)/t9-/m0/s1. The van der Waals surface area contributed by atoms with Crippen LogP contribution in [0.15, 0.2) is 12.1 Å². The summed E-state index contributed by atoms with van der Waals surface area (Å²) in [6.07, 6.45) is -0.774. The third-order valence-electron chi connectivity index (χ3n) is 2.17. The van der Waals surface area contributed by atoms with Crippen LogP contribution in [0.25, 0.3) is 0 Å².